The van der Waals surface area contributed by atoms with Crippen molar-refractivity contribution in [2.75, 3.05) is 13.7 Å². The number of para-hydroxylation sites is 1. The van der Waals surface area contributed by atoms with Gasteiger partial charge in [-0.1, -0.05) is 41.9 Å². The molecule has 2 aromatic carbocycles. The summed E-state index contributed by atoms with van der Waals surface area (Å²) in [6.07, 6.45) is 0.0942. The first-order valence-corrected chi connectivity index (χ1v) is 7.75. The van der Waals surface area contributed by atoms with E-state index < -0.39 is 5.97 Å². The van der Waals surface area contributed by atoms with Gasteiger partial charge in [-0.3, -0.25) is 9.59 Å². The molecule has 0 spiro atoms. The molecule has 0 saturated heterocycles. The highest BCUT2D eigenvalue weighted by Crippen LogP contribution is 2.16. The number of halogens is 1. The number of methoxy groups -OCH3 is 1. The Morgan fingerprint density at radius 1 is 1.08 bits per heavy atom. The Morgan fingerprint density at radius 3 is 2.50 bits per heavy atom. The molecule has 0 aliphatic carbocycles. The van der Waals surface area contributed by atoms with Crippen LogP contribution in [0.4, 0.5) is 0 Å². The second-order valence-corrected chi connectivity index (χ2v) is 5.49. The lowest BCUT2D eigenvalue weighted by atomic mass is 10.1. The Balaban J connectivity index is 1.74. The van der Waals surface area contributed by atoms with Gasteiger partial charge in [0.15, 0.2) is 6.61 Å². The van der Waals surface area contributed by atoms with Crippen LogP contribution in [0.5, 0.6) is 5.75 Å². The molecule has 0 radical (unpaired) electrons. The van der Waals surface area contributed by atoms with Gasteiger partial charge >= 0.3 is 5.97 Å². The molecule has 0 atom stereocenters. The van der Waals surface area contributed by atoms with Crippen molar-refractivity contribution in [2.24, 2.45) is 0 Å². The second-order valence-electron chi connectivity index (χ2n) is 5.05. The third-order valence-corrected chi connectivity index (χ3v) is 3.55. The van der Waals surface area contributed by atoms with Crippen molar-refractivity contribution >= 4 is 23.5 Å². The minimum atomic E-state index is -0.468. The van der Waals surface area contributed by atoms with Crippen LogP contribution < -0.4 is 10.1 Å². The fraction of sp³-hybridized carbons (Fsp3) is 0.222. The monoisotopic (exact) mass is 347 g/mol. The molecule has 5 nitrogen and oxygen atoms in total. The smallest absolute Gasteiger partial charge is 0.310 e. The van der Waals surface area contributed by atoms with E-state index in [0.717, 1.165) is 11.1 Å². The number of hydrogen-bond acceptors (Lipinski definition) is 4. The van der Waals surface area contributed by atoms with E-state index in [1.807, 2.05) is 24.3 Å². The maximum absolute atomic E-state index is 11.8. The van der Waals surface area contributed by atoms with Crippen molar-refractivity contribution in [3.05, 3.63) is 64.7 Å². The van der Waals surface area contributed by atoms with E-state index in [1.54, 1.807) is 31.4 Å². The molecule has 0 saturated carbocycles. The van der Waals surface area contributed by atoms with Gasteiger partial charge < -0.3 is 14.8 Å². The molecule has 0 bridgehead atoms. The summed E-state index contributed by atoms with van der Waals surface area (Å²) >= 11 is 5.78. The number of carbonyl (C=O) groups is 2. The number of amides is 1. The molecule has 0 aliphatic heterocycles. The third kappa shape index (κ3) is 5.59. The van der Waals surface area contributed by atoms with Crippen molar-refractivity contribution < 1.29 is 19.1 Å². The summed E-state index contributed by atoms with van der Waals surface area (Å²) in [6.45, 7) is -0.0147. The topological polar surface area (TPSA) is 64.6 Å². The first kappa shape index (κ1) is 17.8. The number of esters is 1. The highest BCUT2D eigenvalue weighted by Gasteiger charge is 2.09. The standard InChI is InChI=1S/C18H18ClNO4/c1-23-16-5-3-2-4-14(16)11-20-17(21)12-24-18(22)10-13-6-8-15(19)9-7-13/h2-9H,10-12H2,1H3,(H,20,21). The van der Waals surface area contributed by atoms with Crippen molar-refractivity contribution in [3.63, 3.8) is 0 Å². The maximum Gasteiger partial charge on any atom is 0.310 e. The van der Waals surface area contributed by atoms with E-state index in [-0.39, 0.29) is 18.9 Å². The Hall–Kier alpha value is -2.53. The molecule has 1 N–H and O–H groups in total. The predicted molar refractivity (Wildman–Crippen MR) is 91.0 cm³/mol. The summed E-state index contributed by atoms with van der Waals surface area (Å²) in [7, 11) is 1.57. The van der Waals surface area contributed by atoms with Gasteiger partial charge in [-0.15, -0.1) is 0 Å². The molecular formula is C18H18ClNO4. The fourth-order valence-electron chi connectivity index (χ4n) is 2.06. The van der Waals surface area contributed by atoms with Crippen LogP contribution in [-0.2, 0) is 27.3 Å². The van der Waals surface area contributed by atoms with Crippen molar-refractivity contribution in [1.82, 2.24) is 5.32 Å². The Bertz CT molecular complexity index is 700. The Labute approximate surface area is 145 Å². The number of rotatable bonds is 7. The summed E-state index contributed by atoms with van der Waals surface area (Å²) in [4.78, 5) is 23.5. The molecule has 0 heterocycles. The first-order chi connectivity index (χ1) is 11.6. The average molecular weight is 348 g/mol. The van der Waals surface area contributed by atoms with E-state index >= 15 is 0 Å². The zero-order chi connectivity index (χ0) is 17.4. The van der Waals surface area contributed by atoms with Gasteiger partial charge in [-0.25, -0.2) is 0 Å². The largest absolute Gasteiger partial charge is 0.496 e. The number of ether oxygens (including phenoxy) is 2. The fourth-order valence-corrected chi connectivity index (χ4v) is 2.19. The number of carbonyl (C=O) groups excluding carboxylic acids is 2. The quantitative estimate of drug-likeness (QED) is 0.782. The third-order valence-electron chi connectivity index (χ3n) is 3.29. The van der Waals surface area contributed by atoms with Crippen LogP contribution in [0.15, 0.2) is 48.5 Å². The lowest BCUT2D eigenvalue weighted by Crippen LogP contribution is -2.28. The minimum absolute atomic E-state index is 0.0942. The van der Waals surface area contributed by atoms with E-state index in [2.05, 4.69) is 5.32 Å². The van der Waals surface area contributed by atoms with Gasteiger partial charge in [-0.2, -0.15) is 0 Å². The van der Waals surface area contributed by atoms with Gasteiger partial charge in [0.05, 0.1) is 13.5 Å². The van der Waals surface area contributed by atoms with Crippen molar-refractivity contribution in [3.8, 4) is 5.75 Å². The van der Waals surface area contributed by atoms with Crippen molar-refractivity contribution in [1.29, 1.82) is 0 Å². The first-order valence-electron chi connectivity index (χ1n) is 7.37. The van der Waals surface area contributed by atoms with Crippen LogP contribution >= 0.6 is 11.6 Å². The summed E-state index contributed by atoms with van der Waals surface area (Å²) in [6, 6.07) is 14.3. The van der Waals surface area contributed by atoms with Crippen LogP contribution in [0.25, 0.3) is 0 Å². The van der Waals surface area contributed by atoms with E-state index in [1.165, 1.54) is 0 Å². The molecule has 126 valence electrons. The average Bonchev–Trinajstić information content (AvgIpc) is 2.60. The SMILES string of the molecule is COc1ccccc1CNC(=O)COC(=O)Cc1ccc(Cl)cc1. The van der Waals surface area contributed by atoms with Gasteiger partial charge in [0.2, 0.25) is 0 Å². The zero-order valence-corrected chi connectivity index (χ0v) is 14.0. The molecule has 0 aliphatic rings. The zero-order valence-electron chi connectivity index (χ0n) is 13.3. The lowest BCUT2D eigenvalue weighted by Gasteiger charge is -2.10. The summed E-state index contributed by atoms with van der Waals surface area (Å²) in [5.41, 5.74) is 1.62. The highest BCUT2D eigenvalue weighted by atomic mass is 35.5. The van der Waals surface area contributed by atoms with E-state index in [9.17, 15) is 9.59 Å². The molecule has 24 heavy (non-hydrogen) atoms. The number of nitrogens with one attached hydrogen (secondary N) is 1. The van der Waals surface area contributed by atoms with Crippen LogP contribution in [0.2, 0.25) is 5.02 Å². The summed E-state index contributed by atoms with van der Waals surface area (Å²) < 4.78 is 10.2. The summed E-state index contributed by atoms with van der Waals surface area (Å²) in [5.74, 6) is -0.146. The molecule has 6 heteroatoms. The molecule has 1 amide bonds. The second kappa shape index (κ2) is 8.93. The Morgan fingerprint density at radius 2 is 1.79 bits per heavy atom. The molecule has 2 rings (SSSR count). The molecule has 0 fully saturated rings. The lowest BCUT2D eigenvalue weighted by molar-refractivity contribution is -0.147. The minimum Gasteiger partial charge on any atom is -0.496 e. The van der Waals surface area contributed by atoms with Gasteiger partial charge in [0.1, 0.15) is 5.75 Å². The molecule has 2 aromatic rings. The van der Waals surface area contributed by atoms with E-state index in [4.69, 9.17) is 21.1 Å². The van der Waals surface area contributed by atoms with Crippen LogP contribution in [-0.4, -0.2) is 25.6 Å². The molecule has 0 aromatic heterocycles. The molecule has 0 unspecified atom stereocenters. The molecular weight excluding hydrogens is 330 g/mol. The van der Waals surface area contributed by atoms with E-state index in [0.29, 0.717) is 17.3 Å². The number of benzene rings is 2. The van der Waals surface area contributed by atoms with Crippen LogP contribution in [0, 0.1) is 0 Å². The van der Waals surface area contributed by atoms with Crippen LogP contribution in [0.1, 0.15) is 11.1 Å². The van der Waals surface area contributed by atoms with Gasteiger partial charge in [0.25, 0.3) is 5.91 Å². The number of hydrogen-bond donors (Lipinski definition) is 1. The summed E-state index contributed by atoms with van der Waals surface area (Å²) in [5, 5.41) is 3.29. The van der Waals surface area contributed by atoms with Gasteiger partial charge in [0, 0.05) is 17.1 Å². The van der Waals surface area contributed by atoms with Gasteiger partial charge in [-0.05, 0) is 23.8 Å². The van der Waals surface area contributed by atoms with Crippen molar-refractivity contribution in [2.45, 2.75) is 13.0 Å². The van der Waals surface area contributed by atoms with Crippen LogP contribution in [0.3, 0.4) is 0 Å². The maximum atomic E-state index is 11.8. The normalized spacial score (nSPS) is 10.1. The Kier molecular flexibility index (Phi) is 6.63. The predicted octanol–water partition coefficient (Wildman–Crippen LogP) is 2.75. The highest BCUT2D eigenvalue weighted by molar-refractivity contribution is 6.30.